The number of ether oxygens (including phenoxy) is 2. The molecule has 2 amide bonds. The van der Waals surface area contributed by atoms with Gasteiger partial charge in [-0.15, -0.1) is 0 Å². The highest BCUT2D eigenvalue weighted by molar-refractivity contribution is 6.00. The highest BCUT2D eigenvalue weighted by Crippen LogP contribution is 2.29. The Kier molecular flexibility index (Phi) is 5.87. The van der Waals surface area contributed by atoms with Gasteiger partial charge in [-0.3, -0.25) is 9.59 Å². The molecule has 2 aromatic carbocycles. The van der Waals surface area contributed by atoms with Gasteiger partial charge in [0.05, 0.1) is 20.1 Å². The molecule has 6 nitrogen and oxygen atoms in total. The van der Waals surface area contributed by atoms with E-state index in [0.717, 1.165) is 16.8 Å². The minimum absolute atomic E-state index is 0.0161. The minimum atomic E-state index is -0.344. The molecule has 0 N–H and O–H groups in total. The SMILES string of the molecule is COc1ccc(CN(C)C(=O)C2CC(=O)N(c3ccc(C)cc3)C2)c(OC)c1. The van der Waals surface area contributed by atoms with Gasteiger partial charge in [0.15, 0.2) is 0 Å². The van der Waals surface area contributed by atoms with Gasteiger partial charge >= 0.3 is 0 Å². The number of carbonyl (C=O) groups is 2. The van der Waals surface area contributed by atoms with Crippen molar-refractivity contribution in [2.45, 2.75) is 19.9 Å². The highest BCUT2D eigenvalue weighted by atomic mass is 16.5. The number of carbonyl (C=O) groups excluding carboxylic acids is 2. The first kappa shape index (κ1) is 19.7. The third kappa shape index (κ3) is 4.11. The van der Waals surface area contributed by atoms with Crippen LogP contribution >= 0.6 is 0 Å². The number of hydrogen-bond donors (Lipinski definition) is 0. The Hall–Kier alpha value is -3.02. The van der Waals surface area contributed by atoms with Crippen molar-refractivity contribution in [1.82, 2.24) is 4.90 Å². The van der Waals surface area contributed by atoms with Crippen LogP contribution in [0.25, 0.3) is 0 Å². The summed E-state index contributed by atoms with van der Waals surface area (Å²) in [5, 5.41) is 0. The third-order valence-corrected chi connectivity index (χ3v) is 5.10. The molecule has 1 saturated heterocycles. The summed E-state index contributed by atoms with van der Waals surface area (Å²) in [5.74, 6) is 0.967. The van der Waals surface area contributed by atoms with E-state index in [1.165, 1.54) is 0 Å². The molecule has 3 rings (SSSR count). The summed E-state index contributed by atoms with van der Waals surface area (Å²) < 4.78 is 10.6. The molecule has 1 atom stereocenters. The van der Waals surface area contributed by atoms with Crippen LogP contribution in [0.5, 0.6) is 11.5 Å². The number of nitrogens with zero attached hydrogens (tertiary/aromatic N) is 2. The van der Waals surface area contributed by atoms with Crippen LogP contribution in [0.1, 0.15) is 17.5 Å². The number of rotatable bonds is 6. The van der Waals surface area contributed by atoms with Crippen molar-refractivity contribution >= 4 is 17.5 Å². The molecular formula is C22H26N2O4. The van der Waals surface area contributed by atoms with E-state index in [2.05, 4.69) is 0 Å². The lowest BCUT2D eigenvalue weighted by Gasteiger charge is -2.22. The molecule has 0 aliphatic carbocycles. The van der Waals surface area contributed by atoms with Crippen LogP contribution in [-0.4, -0.2) is 44.5 Å². The molecule has 1 aliphatic heterocycles. The van der Waals surface area contributed by atoms with Gasteiger partial charge in [-0.25, -0.2) is 0 Å². The summed E-state index contributed by atoms with van der Waals surface area (Å²) >= 11 is 0. The van der Waals surface area contributed by atoms with Gasteiger partial charge in [0, 0.05) is 43.9 Å². The van der Waals surface area contributed by atoms with E-state index < -0.39 is 0 Å². The van der Waals surface area contributed by atoms with E-state index in [4.69, 9.17) is 9.47 Å². The molecule has 0 bridgehead atoms. The molecule has 0 aromatic heterocycles. The Labute approximate surface area is 165 Å². The summed E-state index contributed by atoms with van der Waals surface area (Å²) in [7, 11) is 4.95. The molecule has 1 fully saturated rings. The first-order valence-corrected chi connectivity index (χ1v) is 9.26. The van der Waals surface area contributed by atoms with Gasteiger partial charge < -0.3 is 19.3 Å². The Morgan fingerprint density at radius 3 is 2.50 bits per heavy atom. The maximum Gasteiger partial charge on any atom is 0.228 e. The van der Waals surface area contributed by atoms with E-state index in [-0.39, 0.29) is 24.2 Å². The molecule has 1 aliphatic rings. The largest absolute Gasteiger partial charge is 0.497 e. The second-order valence-electron chi connectivity index (χ2n) is 7.11. The van der Waals surface area contributed by atoms with Crippen molar-refractivity contribution in [2.24, 2.45) is 5.92 Å². The topological polar surface area (TPSA) is 59.1 Å². The lowest BCUT2D eigenvalue weighted by molar-refractivity contribution is -0.135. The molecule has 1 unspecified atom stereocenters. The number of aryl methyl sites for hydroxylation is 1. The monoisotopic (exact) mass is 382 g/mol. The number of methoxy groups -OCH3 is 2. The third-order valence-electron chi connectivity index (χ3n) is 5.10. The molecular weight excluding hydrogens is 356 g/mol. The lowest BCUT2D eigenvalue weighted by atomic mass is 10.1. The smallest absolute Gasteiger partial charge is 0.228 e. The van der Waals surface area contributed by atoms with Crippen molar-refractivity contribution in [1.29, 1.82) is 0 Å². The molecule has 0 radical (unpaired) electrons. The van der Waals surface area contributed by atoms with Crippen LogP contribution < -0.4 is 14.4 Å². The van der Waals surface area contributed by atoms with E-state index in [0.29, 0.717) is 24.6 Å². The van der Waals surface area contributed by atoms with E-state index in [1.54, 1.807) is 37.1 Å². The molecule has 148 valence electrons. The van der Waals surface area contributed by atoms with Gasteiger partial charge in [0.1, 0.15) is 11.5 Å². The van der Waals surface area contributed by atoms with Gasteiger partial charge in [-0.05, 0) is 31.2 Å². The van der Waals surface area contributed by atoms with Crippen molar-refractivity contribution in [3.05, 3.63) is 53.6 Å². The van der Waals surface area contributed by atoms with Crippen molar-refractivity contribution < 1.29 is 19.1 Å². The quantitative estimate of drug-likeness (QED) is 0.771. The molecule has 2 aromatic rings. The van der Waals surface area contributed by atoms with Gasteiger partial charge in [0.2, 0.25) is 11.8 Å². The highest BCUT2D eigenvalue weighted by Gasteiger charge is 2.36. The van der Waals surface area contributed by atoms with E-state index >= 15 is 0 Å². The van der Waals surface area contributed by atoms with Crippen LogP contribution in [0.15, 0.2) is 42.5 Å². The normalized spacial score (nSPS) is 16.2. The predicted molar refractivity (Wildman–Crippen MR) is 108 cm³/mol. The Balaban J connectivity index is 1.68. The number of amides is 2. The molecule has 1 heterocycles. The Morgan fingerprint density at radius 1 is 1.14 bits per heavy atom. The van der Waals surface area contributed by atoms with Crippen molar-refractivity contribution in [3.8, 4) is 11.5 Å². The van der Waals surface area contributed by atoms with Crippen LogP contribution in [-0.2, 0) is 16.1 Å². The van der Waals surface area contributed by atoms with Crippen molar-refractivity contribution in [3.63, 3.8) is 0 Å². The zero-order valence-corrected chi connectivity index (χ0v) is 16.8. The predicted octanol–water partition coefficient (Wildman–Crippen LogP) is 3.02. The second-order valence-corrected chi connectivity index (χ2v) is 7.11. The van der Waals surface area contributed by atoms with Gasteiger partial charge in [-0.1, -0.05) is 17.7 Å². The number of benzene rings is 2. The first-order chi connectivity index (χ1) is 13.4. The first-order valence-electron chi connectivity index (χ1n) is 9.26. The van der Waals surface area contributed by atoms with E-state index in [9.17, 15) is 9.59 Å². The van der Waals surface area contributed by atoms with Gasteiger partial charge in [-0.2, -0.15) is 0 Å². The zero-order chi connectivity index (χ0) is 20.3. The van der Waals surface area contributed by atoms with Crippen LogP contribution in [0.3, 0.4) is 0 Å². The fourth-order valence-electron chi connectivity index (χ4n) is 3.47. The summed E-state index contributed by atoms with van der Waals surface area (Å²) in [6, 6.07) is 13.3. The number of anilines is 1. The maximum absolute atomic E-state index is 12.9. The standard InChI is InChI=1S/C22H26N2O4/c1-15-5-8-18(9-6-15)24-14-17(11-21(24)25)22(26)23(2)13-16-7-10-19(27-3)12-20(16)28-4/h5-10,12,17H,11,13-14H2,1-4H3. The summed E-state index contributed by atoms with van der Waals surface area (Å²) in [6.45, 7) is 2.82. The van der Waals surface area contributed by atoms with E-state index in [1.807, 2.05) is 43.3 Å². The fraction of sp³-hybridized carbons (Fsp3) is 0.364. The Morgan fingerprint density at radius 2 is 1.86 bits per heavy atom. The average Bonchev–Trinajstić information content (AvgIpc) is 3.09. The summed E-state index contributed by atoms with van der Waals surface area (Å²) in [4.78, 5) is 28.7. The Bertz CT molecular complexity index is 863. The lowest BCUT2D eigenvalue weighted by Crippen LogP contribution is -2.34. The summed E-state index contributed by atoms with van der Waals surface area (Å²) in [6.07, 6.45) is 0.233. The molecule has 6 heteroatoms. The molecule has 28 heavy (non-hydrogen) atoms. The van der Waals surface area contributed by atoms with Crippen LogP contribution in [0, 0.1) is 12.8 Å². The van der Waals surface area contributed by atoms with Crippen LogP contribution in [0.2, 0.25) is 0 Å². The molecule has 0 saturated carbocycles. The number of hydrogen-bond acceptors (Lipinski definition) is 4. The van der Waals surface area contributed by atoms with Gasteiger partial charge in [0.25, 0.3) is 0 Å². The zero-order valence-electron chi connectivity index (χ0n) is 16.8. The second kappa shape index (κ2) is 8.33. The van der Waals surface area contributed by atoms with Crippen molar-refractivity contribution in [2.75, 3.05) is 32.7 Å². The summed E-state index contributed by atoms with van der Waals surface area (Å²) in [5.41, 5.74) is 2.86. The minimum Gasteiger partial charge on any atom is -0.497 e. The fourth-order valence-corrected chi connectivity index (χ4v) is 3.47. The van der Waals surface area contributed by atoms with Crippen LogP contribution in [0.4, 0.5) is 5.69 Å². The maximum atomic E-state index is 12.9. The average molecular weight is 382 g/mol. The molecule has 0 spiro atoms.